The largest absolute Gasteiger partial charge is 0.326 e. The Hall–Kier alpha value is -0.380. The second-order valence-electron chi connectivity index (χ2n) is 4.18. The first kappa shape index (κ1) is 10.1. The maximum absolute atomic E-state index is 5.71. The molecule has 0 amide bonds. The molecule has 2 N–H and O–H groups in total. The van der Waals surface area contributed by atoms with E-state index in [-0.39, 0.29) is 0 Å². The first-order valence-corrected chi connectivity index (χ1v) is 6.12. The van der Waals surface area contributed by atoms with Crippen molar-refractivity contribution >= 4 is 11.3 Å². The Labute approximate surface area is 89.7 Å². The zero-order valence-corrected chi connectivity index (χ0v) is 9.73. The third kappa shape index (κ3) is 1.72. The van der Waals surface area contributed by atoms with Crippen molar-refractivity contribution in [3.05, 3.63) is 21.4 Å². The van der Waals surface area contributed by atoms with Crippen molar-refractivity contribution in [2.75, 3.05) is 6.54 Å². The minimum absolute atomic E-state index is 0.659. The number of nitrogens with zero attached hydrogens (tertiary/aromatic N) is 1. The van der Waals surface area contributed by atoms with Gasteiger partial charge in [0.05, 0.1) is 0 Å². The lowest BCUT2D eigenvalue weighted by Gasteiger charge is -2.30. The van der Waals surface area contributed by atoms with Crippen LogP contribution >= 0.6 is 11.3 Å². The van der Waals surface area contributed by atoms with Crippen LogP contribution in [0.2, 0.25) is 0 Å². The Bertz CT molecular complexity index is 317. The van der Waals surface area contributed by atoms with Gasteiger partial charge in [0.1, 0.15) is 0 Å². The molecule has 1 aromatic heterocycles. The zero-order valence-electron chi connectivity index (χ0n) is 8.92. The fraction of sp³-hybridized carbons (Fsp3) is 0.636. The van der Waals surface area contributed by atoms with E-state index in [1.54, 1.807) is 0 Å². The molecule has 3 heteroatoms. The van der Waals surface area contributed by atoms with Crippen LogP contribution in [0.25, 0.3) is 0 Å². The predicted octanol–water partition coefficient (Wildman–Crippen LogP) is 1.97. The summed E-state index contributed by atoms with van der Waals surface area (Å²) in [6.07, 6.45) is 1.18. The lowest BCUT2D eigenvalue weighted by atomic mass is 10.0. The normalized spacial score (nSPS) is 17.4. The summed E-state index contributed by atoms with van der Waals surface area (Å²) in [6, 6.07) is 0.659. The summed E-state index contributed by atoms with van der Waals surface area (Å²) >= 11 is 1.88. The molecule has 1 aromatic rings. The van der Waals surface area contributed by atoms with Crippen LogP contribution in [0.1, 0.15) is 29.9 Å². The maximum Gasteiger partial charge on any atom is 0.0333 e. The summed E-state index contributed by atoms with van der Waals surface area (Å²) in [6.45, 7) is 7.55. The summed E-state index contributed by atoms with van der Waals surface area (Å²) in [5, 5.41) is 2.23. The molecule has 0 aromatic carbocycles. The van der Waals surface area contributed by atoms with Gasteiger partial charge in [-0.3, -0.25) is 4.90 Å². The van der Waals surface area contributed by atoms with E-state index in [2.05, 4.69) is 24.1 Å². The van der Waals surface area contributed by atoms with Crippen LogP contribution in [-0.2, 0) is 19.5 Å². The van der Waals surface area contributed by atoms with Crippen LogP contribution in [0.4, 0.5) is 0 Å². The second-order valence-corrected chi connectivity index (χ2v) is 5.15. The van der Waals surface area contributed by atoms with Crippen molar-refractivity contribution in [2.45, 2.75) is 39.4 Å². The fourth-order valence-electron chi connectivity index (χ4n) is 2.03. The fourth-order valence-corrected chi connectivity index (χ4v) is 3.17. The smallest absolute Gasteiger partial charge is 0.0333 e. The van der Waals surface area contributed by atoms with Gasteiger partial charge in [0, 0.05) is 30.6 Å². The Morgan fingerprint density at radius 3 is 3.00 bits per heavy atom. The Morgan fingerprint density at radius 2 is 2.36 bits per heavy atom. The van der Waals surface area contributed by atoms with Crippen LogP contribution in [0.15, 0.2) is 5.38 Å². The van der Waals surface area contributed by atoms with E-state index in [4.69, 9.17) is 5.73 Å². The van der Waals surface area contributed by atoms with Gasteiger partial charge >= 0.3 is 0 Å². The molecule has 2 heterocycles. The van der Waals surface area contributed by atoms with Crippen molar-refractivity contribution < 1.29 is 0 Å². The van der Waals surface area contributed by atoms with Gasteiger partial charge in [-0.05, 0) is 36.8 Å². The van der Waals surface area contributed by atoms with Crippen molar-refractivity contribution in [1.29, 1.82) is 0 Å². The van der Waals surface area contributed by atoms with E-state index < -0.39 is 0 Å². The van der Waals surface area contributed by atoms with E-state index in [1.807, 2.05) is 11.3 Å². The summed E-state index contributed by atoms with van der Waals surface area (Å²) < 4.78 is 0. The minimum atomic E-state index is 0.659. The molecular formula is C11H18N2S. The van der Waals surface area contributed by atoms with E-state index in [0.717, 1.165) is 6.54 Å². The van der Waals surface area contributed by atoms with Crippen molar-refractivity contribution in [3.63, 3.8) is 0 Å². The third-order valence-corrected chi connectivity index (χ3v) is 4.08. The number of thiophene rings is 1. The number of fused-ring (bicyclic) bond motifs is 1. The molecule has 0 unspecified atom stereocenters. The second kappa shape index (κ2) is 4.01. The van der Waals surface area contributed by atoms with Gasteiger partial charge in [0.25, 0.3) is 0 Å². The summed E-state index contributed by atoms with van der Waals surface area (Å²) in [5.41, 5.74) is 8.61. The van der Waals surface area contributed by atoms with Gasteiger partial charge in [-0.25, -0.2) is 0 Å². The summed E-state index contributed by atoms with van der Waals surface area (Å²) in [5.74, 6) is 0. The Kier molecular flexibility index (Phi) is 2.91. The molecule has 0 atom stereocenters. The Balaban J connectivity index is 2.20. The SMILES string of the molecule is CC(C)N1CCc2c(CN)csc2C1. The standard InChI is InChI=1S/C11H18N2S/c1-8(2)13-4-3-10-9(5-12)7-14-11(10)6-13/h7-8H,3-6,12H2,1-2H3. The molecule has 78 valence electrons. The van der Waals surface area contributed by atoms with Gasteiger partial charge in [-0.2, -0.15) is 0 Å². The molecule has 0 saturated carbocycles. The van der Waals surface area contributed by atoms with Gasteiger partial charge < -0.3 is 5.73 Å². The molecule has 1 aliphatic heterocycles. The molecule has 2 rings (SSSR count). The number of rotatable bonds is 2. The lowest BCUT2D eigenvalue weighted by molar-refractivity contribution is 0.206. The van der Waals surface area contributed by atoms with Crippen LogP contribution in [-0.4, -0.2) is 17.5 Å². The molecule has 1 aliphatic rings. The van der Waals surface area contributed by atoms with Crippen molar-refractivity contribution in [1.82, 2.24) is 4.90 Å². The summed E-state index contributed by atoms with van der Waals surface area (Å²) in [7, 11) is 0. The molecule has 0 radical (unpaired) electrons. The van der Waals surface area contributed by atoms with Gasteiger partial charge in [-0.1, -0.05) is 0 Å². The Morgan fingerprint density at radius 1 is 1.57 bits per heavy atom. The molecule has 0 aliphatic carbocycles. The number of hydrogen-bond donors (Lipinski definition) is 1. The van der Waals surface area contributed by atoms with Gasteiger partial charge in [-0.15, -0.1) is 11.3 Å². The van der Waals surface area contributed by atoms with Crippen LogP contribution in [0.5, 0.6) is 0 Å². The van der Waals surface area contributed by atoms with Gasteiger partial charge in [0.2, 0.25) is 0 Å². The van der Waals surface area contributed by atoms with E-state index in [0.29, 0.717) is 12.6 Å². The molecule has 0 fully saturated rings. The highest BCUT2D eigenvalue weighted by Crippen LogP contribution is 2.29. The molecule has 0 spiro atoms. The number of hydrogen-bond acceptors (Lipinski definition) is 3. The maximum atomic E-state index is 5.71. The number of nitrogens with two attached hydrogens (primary N) is 1. The quantitative estimate of drug-likeness (QED) is 0.808. The molecule has 0 saturated heterocycles. The molecule has 14 heavy (non-hydrogen) atoms. The minimum Gasteiger partial charge on any atom is -0.326 e. The average Bonchev–Trinajstić information content (AvgIpc) is 2.59. The van der Waals surface area contributed by atoms with Crippen LogP contribution < -0.4 is 5.73 Å². The lowest BCUT2D eigenvalue weighted by Crippen LogP contribution is -2.35. The topological polar surface area (TPSA) is 29.3 Å². The van der Waals surface area contributed by atoms with Crippen molar-refractivity contribution in [2.24, 2.45) is 5.73 Å². The average molecular weight is 210 g/mol. The first-order valence-electron chi connectivity index (χ1n) is 5.24. The highest BCUT2D eigenvalue weighted by Gasteiger charge is 2.21. The zero-order chi connectivity index (χ0) is 10.1. The van der Waals surface area contributed by atoms with Gasteiger partial charge in [0.15, 0.2) is 0 Å². The molecule has 2 nitrogen and oxygen atoms in total. The highest BCUT2D eigenvalue weighted by molar-refractivity contribution is 7.10. The van der Waals surface area contributed by atoms with E-state index >= 15 is 0 Å². The molecule has 0 bridgehead atoms. The van der Waals surface area contributed by atoms with E-state index in [9.17, 15) is 0 Å². The first-order chi connectivity index (χ1) is 6.72. The third-order valence-electron chi connectivity index (χ3n) is 3.01. The van der Waals surface area contributed by atoms with E-state index in [1.165, 1.54) is 29.0 Å². The van der Waals surface area contributed by atoms with Crippen LogP contribution in [0.3, 0.4) is 0 Å². The predicted molar refractivity (Wildman–Crippen MR) is 61.5 cm³/mol. The molecular weight excluding hydrogens is 192 g/mol. The van der Waals surface area contributed by atoms with Crippen LogP contribution in [0, 0.1) is 0 Å². The van der Waals surface area contributed by atoms with Crippen molar-refractivity contribution in [3.8, 4) is 0 Å². The monoisotopic (exact) mass is 210 g/mol. The summed E-state index contributed by atoms with van der Waals surface area (Å²) in [4.78, 5) is 4.06. The highest BCUT2D eigenvalue weighted by atomic mass is 32.1.